The molecule has 0 unspecified atom stereocenters. The standard InChI is InChI=1S/C20H19NO6/c1-11-13-7-8-16(23)18(25)19(13)27-20(26)14(11)9-17(24)21-15(10-22)12-5-3-2-4-6-12/h2-8,15,22-23,25H,9-10H2,1H3,(H,21,24)/t15-/m1/s1. The summed E-state index contributed by atoms with van der Waals surface area (Å²) >= 11 is 0. The van der Waals surface area contributed by atoms with Crippen molar-refractivity contribution in [2.75, 3.05) is 6.61 Å². The van der Waals surface area contributed by atoms with Gasteiger partial charge >= 0.3 is 5.63 Å². The molecule has 1 amide bonds. The molecule has 0 fully saturated rings. The van der Waals surface area contributed by atoms with Crippen LogP contribution in [0.5, 0.6) is 11.5 Å². The number of phenolic OH excluding ortho intramolecular Hbond substituents is 2. The zero-order valence-electron chi connectivity index (χ0n) is 14.6. The molecule has 0 saturated heterocycles. The summed E-state index contributed by atoms with van der Waals surface area (Å²) in [4.78, 5) is 24.7. The van der Waals surface area contributed by atoms with Gasteiger partial charge in [-0.1, -0.05) is 30.3 Å². The Kier molecular flexibility index (Phi) is 5.14. The molecule has 0 aliphatic rings. The summed E-state index contributed by atoms with van der Waals surface area (Å²) in [6.07, 6.45) is -0.241. The molecule has 0 aliphatic carbocycles. The van der Waals surface area contributed by atoms with Gasteiger partial charge < -0.3 is 25.1 Å². The molecule has 0 saturated carbocycles. The van der Waals surface area contributed by atoms with E-state index in [-0.39, 0.29) is 24.2 Å². The van der Waals surface area contributed by atoms with Crippen molar-refractivity contribution in [3.63, 3.8) is 0 Å². The molecule has 140 valence electrons. The molecule has 1 aromatic heterocycles. The molecule has 0 spiro atoms. The van der Waals surface area contributed by atoms with E-state index >= 15 is 0 Å². The fourth-order valence-electron chi connectivity index (χ4n) is 2.96. The molecule has 2 aromatic carbocycles. The van der Waals surface area contributed by atoms with Gasteiger partial charge in [0.2, 0.25) is 11.7 Å². The van der Waals surface area contributed by atoms with Crippen molar-refractivity contribution in [3.8, 4) is 11.5 Å². The second-order valence-corrected chi connectivity index (χ2v) is 6.19. The van der Waals surface area contributed by atoms with E-state index in [4.69, 9.17) is 4.42 Å². The predicted molar refractivity (Wildman–Crippen MR) is 98.7 cm³/mol. The van der Waals surface area contributed by atoms with Crippen LogP contribution in [0.15, 0.2) is 51.7 Å². The van der Waals surface area contributed by atoms with E-state index in [1.807, 2.05) is 6.07 Å². The van der Waals surface area contributed by atoms with Crippen molar-refractivity contribution in [2.45, 2.75) is 19.4 Å². The van der Waals surface area contributed by atoms with Crippen molar-refractivity contribution >= 4 is 16.9 Å². The SMILES string of the molecule is Cc1c(CC(=O)N[C@H](CO)c2ccccc2)c(=O)oc2c(O)c(O)ccc12. The lowest BCUT2D eigenvalue weighted by Gasteiger charge is -2.17. The van der Waals surface area contributed by atoms with E-state index in [0.717, 1.165) is 5.56 Å². The van der Waals surface area contributed by atoms with Gasteiger partial charge in [0.1, 0.15) is 0 Å². The number of phenols is 2. The third kappa shape index (κ3) is 3.63. The smallest absolute Gasteiger partial charge is 0.340 e. The first-order valence-corrected chi connectivity index (χ1v) is 8.34. The topological polar surface area (TPSA) is 120 Å². The Hall–Kier alpha value is -3.32. The second-order valence-electron chi connectivity index (χ2n) is 6.19. The van der Waals surface area contributed by atoms with Crippen LogP contribution in [0.3, 0.4) is 0 Å². The summed E-state index contributed by atoms with van der Waals surface area (Å²) in [6, 6.07) is 11.2. The molecule has 0 aliphatic heterocycles. The number of carbonyl (C=O) groups excluding carboxylic acids is 1. The lowest BCUT2D eigenvalue weighted by atomic mass is 10.0. The van der Waals surface area contributed by atoms with E-state index in [1.165, 1.54) is 12.1 Å². The van der Waals surface area contributed by atoms with Gasteiger partial charge in [-0.2, -0.15) is 0 Å². The lowest BCUT2D eigenvalue weighted by molar-refractivity contribution is -0.121. The van der Waals surface area contributed by atoms with Gasteiger partial charge in [0, 0.05) is 5.39 Å². The molecule has 7 heteroatoms. The average molecular weight is 369 g/mol. The number of aryl methyl sites for hydroxylation is 1. The monoisotopic (exact) mass is 369 g/mol. The molecule has 3 aromatic rings. The number of amides is 1. The highest BCUT2D eigenvalue weighted by molar-refractivity contribution is 5.89. The predicted octanol–water partition coefficient (Wildman–Crippen LogP) is 1.90. The summed E-state index contributed by atoms with van der Waals surface area (Å²) in [5.41, 5.74) is 0.480. The van der Waals surface area contributed by atoms with Crippen LogP contribution in [0.2, 0.25) is 0 Å². The third-order valence-corrected chi connectivity index (χ3v) is 4.47. The van der Waals surface area contributed by atoms with Gasteiger partial charge in [-0.05, 0) is 30.2 Å². The molecule has 3 rings (SSSR count). The number of aromatic hydroxyl groups is 2. The van der Waals surface area contributed by atoms with Crippen LogP contribution in [0, 0.1) is 6.92 Å². The van der Waals surface area contributed by atoms with Crippen LogP contribution in [0.4, 0.5) is 0 Å². The summed E-state index contributed by atoms with van der Waals surface area (Å²) in [7, 11) is 0. The lowest BCUT2D eigenvalue weighted by Crippen LogP contribution is -2.33. The highest BCUT2D eigenvalue weighted by Gasteiger charge is 2.20. The molecular formula is C20H19NO6. The van der Waals surface area contributed by atoms with Gasteiger partial charge in [-0.15, -0.1) is 0 Å². The van der Waals surface area contributed by atoms with Crippen LogP contribution in [0.1, 0.15) is 22.7 Å². The van der Waals surface area contributed by atoms with Crippen molar-refractivity contribution < 1.29 is 24.5 Å². The average Bonchev–Trinajstić information content (AvgIpc) is 2.67. The van der Waals surface area contributed by atoms with Crippen LogP contribution in [0.25, 0.3) is 11.0 Å². The minimum atomic E-state index is -0.767. The minimum absolute atomic E-state index is 0.126. The first-order chi connectivity index (χ1) is 12.9. The number of nitrogens with one attached hydrogen (secondary N) is 1. The second kappa shape index (κ2) is 7.51. The van der Waals surface area contributed by atoms with Gasteiger partial charge in [-0.25, -0.2) is 4.79 Å². The number of fused-ring (bicyclic) bond motifs is 1. The number of carbonyl (C=O) groups is 1. The van der Waals surface area contributed by atoms with E-state index < -0.39 is 29.1 Å². The Morgan fingerprint density at radius 3 is 2.52 bits per heavy atom. The first-order valence-electron chi connectivity index (χ1n) is 8.34. The molecule has 0 bridgehead atoms. The molecule has 1 heterocycles. The minimum Gasteiger partial charge on any atom is -0.504 e. The van der Waals surface area contributed by atoms with Crippen molar-refractivity contribution in [1.29, 1.82) is 0 Å². The fraction of sp³-hybridized carbons (Fsp3) is 0.200. The van der Waals surface area contributed by atoms with Crippen LogP contribution >= 0.6 is 0 Å². The normalized spacial score (nSPS) is 12.1. The Morgan fingerprint density at radius 2 is 1.85 bits per heavy atom. The third-order valence-electron chi connectivity index (χ3n) is 4.47. The van der Waals surface area contributed by atoms with Crippen LogP contribution in [-0.2, 0) is 11.2 Å². The van der Waals surface area contributed by atoms with Crippen molar-refractivity contribution in [1.82, 2.24) is 5.32 Å². The Labute approximate surface area is 154 Å². The number of aliphatic hydroxyl groups is 1. The molecule has 0 radical (unpaired) electrons. The number of rotatable bonds is 5. The van der Waals surface area contributed by atoms with Crippen molar-refractivity contribution in [2.24, 2.45) is 0 Å². The largest absolute Gasteiger partial charge is 0.504 e. The van der Waals surface area contributed by atoms with E-state index in [0.29, 0.717) is 10.9 Å². The number of hydrogen-bond acceptors (Lipinski definition) is 6. The Bertz CT molecular complexity index is 1040. The zero-order chi connectivity index (χ0) is 19.6. The van der Waals surface area contributed by atoms with Crippen LogP contribution < -0.4 is 10.9 Å². The van der Waals surface area contributed by atoms with Gasteiger partial charge in [0.05, 0.1) is 24.6 Å². The van der Waals surface area contributed by atoms with Gasteiger partial charge in [0.25, 0.3) is 0 Å². The summed E-state index contributed by atoms with van der Waals surface area (Å²) in [6.45, 7) is 1.35. The molecule has 4 N–H and O–H groups in total. The Morgan fingerprint density at radius 1 is 1.15 bits per heavy atom. The summed E-state index contributed by atoms with van der Waals surface area (Å²) in [5, 5.41) is 32.1. The van der Waals surface area contributed by atoms with E-state index in [1.54, 1.807) is 31.2 Å². The highest BCUT2D eigenvalue weighted by atomic mass is 16.4. The molecule has 1 atom stereocenters. The number of benzene rings is 2. The molecule has 7 nitrogen and oxygen atoms in total. The van der Waals surface area contributed by atoms with Gasteiger partial charge in [-0.3, -0.25) is 4.79 Å². The Balaban J connectivity index is 1.89. The van der Waals surface area contributed by atoms with E-state index in [2.05, 4.69) is 5.32 Å². The maximum absolute atomic E-state index is 12.4. The molecular weight excluding hydrogens is 350 g/mol. The quantitative estimate of drug-likeness (QED) is 0.403. The number of aliphatic hydroxyl groups excluding tert-OH is 1. The maximum Gasteiger partial charge on any atom is 0.340 e. The first kappa shape index (κ1) is 18.5. The number of hydrogen-bond donors (Lipinski definition) is 4. The van der Waals surface area contributed by atoms with Gasteiger partial charge in [0.15, 0.2) is 11.3 Å². The summed E-state index contributed by atoms with van der Waals surface area (Å²) < 4.78 is 5.11. The fourth-order valence-corrected chi connectivity index (χ4v) is 2.96. The maximum atomic E-state index is 12.4. The van der Waals surface area contributed by atoms with Crippen molar-refractivity contribution in [3.05, 3.63) is 69.6 Å². The van der Waals surface area contributed by atoms with E-state index in [9.17, 15) is 24.9 Å². The molecule has 27 heavy (non-hydrogen) atoms. The highest BCUT2D eigenvalue weighted by Crippen LogP contribution is 2.34. The van der Waals surface area contributed by atoms with Crippen LogP contribution in [-0.4, -0.2) is 27.8 Å². The summed E-state index contributed by atoms with van der Waals surface area (Å²) in [5.74, 6) is -1.37. The zero-order valence-corrected chi connectivity index (χ0v) is 14.6.